The minimum absolute atomic E-state index is 0.506. The van der Waals surface area contributed by atoms with Crippen molar-refractivity contribution >= 4 is 34.5 Å². The van der Waals surface area contributed by atoms with E-state index in [1.165, 1.54) is 16.7 Å². The number of ether oxygens (including phenoxy) is 2. The van der Waals surface area contributed by atoms with Crippen LogP contribution in [0.15, 0.2) is 59.6 Å². The van der Waals surface area contributed by atoms with E-state index in [2.05, 4.69) is 90.8 Å². The van der Waals surface area contributed by atoms with Gasteiger partial charge in [-0.25, -0.2) is 0 Å². The Bertz CT molecular complexity index is 1010. The van der Waals surface area contributed by atoms with Crippen molar-refractivity contribution in [1.29, 1.82) is 0 Å². The fourth-order valence-electron chi connectivity index (χ4n) is 2.86. The van der Waals surface area contributed by atoms with Crippen LogP contribution in [0.4, 0.5) is 5.69 Å². The average Bonchev–Trinajstić information content (AvgIpc) is 2.70. The van der Waals surface area contributed by atoms with Crippen LogP contribution in [0.5, 0.6) is 11.5 Å². The van der Waals surface area contributed by atoms with Gasteiger partial charge in [-0.15, -0.1) is 0 Å². The van der Waals surface area contributed by atoms with Crippen molar-refractivity contribution < 1.29 is 9.47 Å². The van der Waals surface area contributed by atoms with E-state index in [1.54, 1.807) is 0 Å². The number of hydrogen-bond acceptors (Lipinski definition) is 3. The van der Waals surface area contributed by atoms with Gasteiger partial charge in [0.25, 0.3) is 0 Å². The van der Waals surface area contributed by atoms with E-state index in [0.717, 1.165) is 31.9 Å². The molecule has 0 saturated carbocycles. The van der Waals surface area contributed by atoms with Crippen LogP contribution in [0.25, 0.3) is 0 Å². The van der Waals surface area contributed by atoms with Crippen molar-refractivity contribution in [2.75, 3.05) is 6.61 Å². The van der Waals surface area contributed by atoms with Gasteiger partial charge in [0.15, 0.2) is 11.5 Å². The molecular weight excluding hydrogens is 473 g/mol. The topological polar surface area (TPSA) is 30.8 Å². The smallest absolute Gasteiger partial charge is 0.175 e. The fourth-order valence-corrected chi connectivity index (χ4v) is 3.64. The van der Waals surface area contributed by atoms with Crippen LogP contribution in [0, 0.1) is 24.3 Å². The molecule has 4 heteroatoms. The SMILES string of the molecule is CCOc1cc(C=Nc2ccc(C)c(C)c2)cc(I)c1OCc1ccc(C)cc1. The highest BCUT2D eigenvalue weighted by Gasteiger charge is 2.12. The molecule has 0 radical (unpaired) electrons. The molecule has 0 amide bonds. The van der Waals surface area contributed by atoms with Gasteiger partial charge in [-0.2, -0.15) is 0 Å². The first-order chi connectivity index (χ1) is 14.0. The van der Waals surface area contributed by atoms with Crippen LogP contribution in [0.2, 0.25) is 0 Å². The standard InChI is InChI=1S/C25H26INO2/c1-5-28-24-14-21(15-27-22-11-8-18(3)19(4)12-22)13-23(26)25(24)29-16-20-9-6-17(2)7-10-20/h6-15H,5,16H2,1-4H3. The number of benzene rings is 3. The van der Waals surface area contributed by atoms with Crippen molar-refractivity contribution in [2.45, 2.75) is 34.3 Å². The lowest BCUT2D eigenvalue weighted by Gasteiger charge is -2.15. The molecule has 29 heavy (non-hydrogen) atoms. The van der Waals surface area contributed by atoms with E-state index in [1.807, 2.05) is 25.3 Å². The predicted molar refractivity (Wildman–Crippen MR) is 129 cm³/mol. The van der Waals surface area contributed by atoms with Crippen LogP contribution in [-0.2, 0) is 6.61 Å². The van der Waals surface area contributed by atoms with Crippen LogP contribution in [0.1, 0.15) is 34.7 Å². The molecule has 0 bridgehead atoms. The molecule has 0 aliphatic rings. The zero-order valence-electron chi connectivity index (χ0n) is 17.3. The van der Waals surface area contributed by atoms with Gasteiger partial charge in [-0.05, 0) is 96.8 Å². The highest BCUT2D eigenvalue weighted by molar-refractivity contribution is 14.1. The molecule has 0 aliphatic heterocycles. The molecule has 0 heterocycles. The quantitative estimate of drug-likeness (QED) is 0.260. The molecule has 0 saturated heterocycles. The summed E-state index contributed by atoms with van der Waals surface area (Å²) in [6, 6.07) is 18.7. The molecule has 3 aromatic carbocycles. The summed E-state index contributed by atoms with van der Waals surface area (Å²) >= 11 is 2.30. The normalized spacial score (nSPS) is 11.1. The van der Waals surface area contributed by atoms with Crippen molar-refractivity contribution in [3.8, 4) is 11.5 Å². The predicted octanol–water partition coefficient (Wildman–Crippen LogP) is 6.94. The van der Waals surface area contributed by atoms with Crippen LogP contribution >= 0.6 is 22.6 Å². The van der Waals surface area contributed by atoms with Gasteiger partial charge in [0.2, 0.25) is 0 Å². The molecule has 0 unspecified atom stereocenters. The zero-order chi connectivity index (χ0) is 20.8. The summed E-state index contributed by atoms with van der Waals surface area (Å²) in [6.45, 7) is 9.35. The summed E-state index contributed by atoms with van der Waals surface area (Å²) in [7, 11) is 0. The van der Waals surface area contributed by atoms with Crippen molar-refractivity contribution in [3.05, 3.63) is 86.0 Å². The first-order valence-electron chi connectivity index (χ1n) is 9.72. The maximum atomic E-state index is 6.12. The zero-order valence-corrected chi connectivity index (χ0v) is 19.5. The molecule has 0 aromatic heterocycles. The van der Waals surface area contributed by atoms with E-state index in [0.29, 0.717) is 13.2 Å². The van der Waals surface area contributed by atoms with Gasteiger partial charge in [-0.3, -0.25) is 4.99 Å². The molecule has 150 valence electrons. The second-order valence-electron chi connectivity index (χ2n) is 7.06. The van der Waals surface area contributed by atoms with E-state index in [-0.39, 0.29) is 0 Å². The molecule has 0 fully saturated rings. The highest BCUT2D eigenvalue weighted by Crippen LogP contribution is 2.34. The third-order valence-corrected chi connectivity index (χ3v) is 5.49. The Kier molecular flexibility index (Phi) is 7.31. The van der Waals surface area contributed by atoms with Crippen molar-refractivity contribution in [1.82, 2.24) is 0 Å². The summed E-state index contributed by atoms with van der Waals surface area (Å²) in [5.74, 6) is 1.52. The average molecular weight is 499 g/mol. The van der Waals surface area contributed by atoms with Crippen molar-refractivity contribution in [3.63, 3.8) is 0 Å². The van der Waals surface area contributed by atoms with Crippen molar-refractivity contribution in [2.24, 2.45) is 4.99 Å². The molecule has 0 atom stereocenters. The van der Waals surface area contributed by atoms with E-state index in [4.69, 9.17) is 9.47 Å². The van der Waals surface area contributed by atoms with Gasteiger partial charge >= 0.3 is 0 Å². The molecule has 3 rings (SSSR count). The number of halogens is 1. The van der Waals surface area contributed by atoms with Crippen LogP contribution in [-0.4, -0.2) is 12.8 Å². The number of aliphatic imine (C=N–C) groups is 1. The number of rotatable bonds is 7. The van der Waals surface area contributed by atoms with Gasteiger partial charge < -0.3 is 9.47 Å². The third kappa shape index (κ3) is 5.82. The lowest BCUT2D eigenvalue weighted by atomic mass is 10.1. The lowest BCUT2D eigenvalue weighted by Crippen LogP contribution is -2.02. The summed E-state index contributed by atoms with van der Waals surface area (Å²) in [5.41, 5.74) is 6.82. The third-order valence-electron chi connectivity index (χ3n) is 4.69. The Morgan fingerprint density at radius 2 is 1.66 bits per heavy atom. The maximum Gasteiger partial charge on any atom is 0.175 e. The van der Waals surface area contributed by atoms with Gasteiger partial charge in [0.05, 0.1) is 15.9 Å². The molecule has 3 nitrogen and oxygen atoms in total. The molecular formula is C25H26INO2. The van der Waals surface area contributed by atoms with E-state index >= 15 is 0 Å². The second kappa shape index (κ2) is 9.92. The minimum atomic E-state index is 0.506. The summed E-state index contributed by atoms with van der Waals surface area (Å²) in [6.07, 6.45) is 1.87. The Morgan fingerprint density at radius 1 is 0.897 bits per heavy atom. The summed E-state index contributed by atoms with van der Waals surface area (Å²) in [4.78, 5) is 4.63. The Morgan fingerprint density at radius 3 is 2.34 bits per heavy atom. The number of nitrogens with zero attached hydrogens (tertiary/aromatic N) is 1. The highest BCUT2D eigenvalue weighted by atomic mass is 127. The van der Waals surface area contributed by atoms with Gasteiger partial charge in [-0.1, -0.05) is 35.9 Å². The molecule has 0 aliphatic carbocycles. The van der Waals surface area contributed by atoms with Crippen LogP contribution < -0.4 is 9.47 Å². The fraction of sp³-hybridized carbons (Fsp3) is 0.240. The van der Waals surface area contributed by atoms with E-state index < -0.39 is 0 Å². The molecule has 0 spiro atoms. The Labute approximate surface area is 186 Å². The first-order valence-corrected chi connectivity index (χ1v) is 10.8. The largest absolute Gasteiger partial charge is 0.490 e. The number of aryl methyl sites for hydroxylation is 3. The van der Waals surface area contributed by atoms with E-state index in [9.17, 15) is 0 Å². The summed E-state index contributed by atoms with van der Waals surface area (Å²) in [5, 5.41) is 0. The Balaban J connectivity index is 1.82. The maximum absolute atomic E-state index is 6.12. The number of hydrogen-bond donors (Lipinski definition) is 0. The molecule has 3 aromatic rings. The molecule has 0 N–H and O–H groups in total. The second-order valence-corrected chi connectivity index (χ2v) is 8.23. The van der Waals surface area contributed by atoms with Gasteiger partial charge in [0, 0.05) is 6.21 Å². The lowest BCUT2D eigenvalue weighted by molar-refractivity contribution is 0.267. The summed E-state index contributed by atoms with van der Waals surface area (Å²) < 4.78 is 13.0. The van der Waals surface area contributed by atoms with Crippen LogP contribution in [0.3, 0.4) is 0 Å². The Hall–Kier alpha value is -2.34. The van der Waals surface area contributed by atoms with Gasteiger partial charge in [0.1, 0.15) is 6.61 Å². The minimum Gasteiger partial charge on any atom is -0.490 e. The monoisotopic (exact) mass is 499 g/mol. The first kappa shape index (κ1) is 21.4.